The highest BCUT2D eigenvalue weighted by molar-refractivity contribution is 6.30. The van der Waals surface area contributed by atoms with Crippen molar-refractivity contribution >= 4 is 29.3 Å². The lowest BCUT2D eigenvalue weighted by Crippen LogP contribution is -2.18. The maximum Gasteiger partial charge on any atom is 0.307 e. The summed E-state index contributed by atoms with van der Waals surface area (Å²) in [5.41, 5.74) is 0.511. The van der Waals surface area contributed by atoms with Crippen molar-refractivity contribution in [2.75, 3.05) is 5.32 Å². The van der Waals surface area contributed by atoms with Crippen molar-refractivity contribution in [1.82, 2.24) is 9.78 Å². The minimum atomic E-state index is -0.937. The molecule has 1 heterocycles. The Morgan fingerprint density at radius 1 is 1.25 bits per heavy atom. The zero-order valence-corrected chi connectivity index (χ0v) is 14.1. The van der Waals surface area contributed by atoms with E-state index in [4.69, 9.17) is 16.7 Å². The lowest BCUT2D eigenvalue weighted by Gasteiger charge is -2.04. The first-order chi connectivity index (χ1) is 11.3. The monoisotopic (exact) mass is 347 g/mol. The van der Waals surface area contributed by atoms with Gasteiger partial charge >= 0.3 is 5.97 Å². The summed E-state index contributed by atoms with van der Waals surface area (Å²) in [5.74, 6) is -2.00. The van der Waals surface area contributed by atoms with Crippen LogP contribution < -0.4 is 5.32 Å². The molecule has 6 nitrogen and oxygen atoms in total. The number of carboxylic acid groups (broad SMARTS) is 1. The predicted octanol–water partition coefficient (Wildman–Crippen LogP) is 2.88. The third-order valence-corrected chi connectivity index (χ3v) is 4.78. The molecule has 2 N–H and O–H groups in total. The Hall–Kier alpha value is -2.34. The van der Waals surface area contributed by atoms with Crippen LogP contribution in [-0.2, 0) is 16.1 Å². The lowest BCUT2D eigenvalue weighted by atomic mass is 10.1. The topological polar surface area (TPSA) is 84.2 Å². The molecule has 1 aromatic heterocycles. The molecule has 1 saturated carbocycles. The van der Waals surface area contributed by atoms with Crippen LogP contribution in [0.3, 0.4) is 0 Å². The largest absolute Gasteiger partial charge is 0.481 e. The number of carbonyl (C=O) groups is 2. The van der Waals surface area contributed by atoms with Gasteiger partial charge in [0.15, 0.2) is 5.82 Å². The summed E-state index contributed by atoms with van der Waals surface area (Å²) < 4.78 is 1.70. The second-order valence-corrected chi connectivity index (χ2v) is 7.07. The van der Waals surface area contributed by atoms with Gasteiger partial charge in [0.05, 0.1) is 18.4 Å². The highest BCUT2D eigenvalue weighted by atomic mass is 35.5. The first kappa shape index (κ1) is 16.5. The van der Waals surface area contributed by atoms with Gasteiger partial charge in [0.2, 0.25) is 5.91 Å². The Morgan fingerprint density at radius 2 is 1.92 bits per heavy atom. The number of rotatable bonds is 5. The molecule has 1 aliphatic carbocycles. The maximum atomic E-state index is 12.3. The van der Waals surface area contributed by atoms with Gasteiger partial charge in [0.25, 0.3) is 0 Å². The fraction of sp³-hybridized carbons (Fsp3) is 0.353. The molecule has 2 aromatic rings. The van der Waals surface area contributed by atoms with E-state index in [0.29, 0.717) is 17.4 Å². The SMILES string of the molecule is CC1(C)C(C(=O)O)C1C(=O)Nc1ccn(Cc2ccc(Cl)cc2)n1. The quantitative estimate of drug-likeness (QED) is 0.871. The van der Waals surface area contributed by atoms with Gasteiger partial charge in [-0.1, -0.05) is 37.6 Å². The zero-order chi connectivity index (χ0) is 17.5. The molecule has 2 unspecified atom stereocenters. The van der Waals surface area contributed by atoms with E-state index in [1.807, 2.05) is 24.3 Å². The van der Waals surface area contributed by atoms with E-state index in [2.05, 4.69) is 10.4 Å². The highest BCUT2D eigenvalue weighted by Gasteiger charge is 2.65. The summed E-state index contributed by atoms with van der Waals surface area (Å²) in [6.45, 7) is 4.13. The van der Waals surface area contributed by atoms with Crippen LogP contribution >= 0.6 is 11.6 Å². The predicted molar refractivity (Wildman–Crippen MR) is 89.8 cm³/mol. The summed E-state index contributed by atoms with van der Waals surface area (Å²) >= 11 is 5.86. The van der Waals surface area contributed by atoms with Crippen LogP contribution in [0.1, 0.15) is 19.4 Å². The van der Waals surface area contributed by atoms with Gasteiger partial charge in [-0.05, 0) is 23.1 Å². The molecule has 0 spiro atoms. The minimum Gasteiger partial charge on any atom is -0.481 e. The molecular formula is C17H18ClN3O3. The van der Waals surface area contributed by atoms with E-state index in [9.17, 15) is 9.59 Å². The van der Waals surface area contributed by atoms with Crippen LogP contribution in [0.25, 0.3) is 0 Å². The first-order valence-corrected chi connectivity index (χ1v) is 7.98. The average Bonchev–Trinajstić information content (AvgIpc) is 2.85. The number of hydrogen-bond donors (Lipinski definition) is 2. The number of aromatic nitrogens is 2. The molecule has 24 heavy (non-hydrogen) atoms. The number of carboxylic acids is 1. The lowest BCUT2D eigenvalue weighted by molar-refractivity contribution is -0.140. The fourth-order valence-corrected chi connectivity index (χ4v) is 3.21. The van der Waals surface area contributed by atoms with Crippen molar-refractivity contribution in [1.29, 1.82) is 0 Å². The molecule has 7 heteroatoms. The second kappa shape index (κ2) is 5.94. The molecule has 0 aliphatic heterocycles. The zero-order valence-electron chi connectivity index (χ0n) is 13.4. The third-order valence-electron chi connectivity index (χ3n) is 4.53. The summed E-state index contributed by atoms with van der Waals surface area (Å²) in [5, 5.41) is 16.8. The van der Waals surface area contributed by atoms with Crippen molar-refractivity contribution in [3.05, 3.63) is 47.1 Å². The summed E-state index contributed by atoms with van der Waals surface area (Å²) in [6, 6.07) is 9.13. The van der Waals surface area contributed by atoms with Crippen LogP contribution in [0.4, 0.5) is 5.82 Å². The fourth-order valence-electron chi connectivity index (χ4n) is 3.09. The number of hydrogen-bond acceptors (Lipinski definition) is 3. The smallest absolute Gasteiger partial charge is 0.307 e. The van der Waals surface area contributed by atoms with Crippen LogP contribution in [0.2, 0.25) is 5.02 Å². The van der Waals surface area contributed by atoms with Gasteiger partial charge in [-0.3, -0.25) is 14.3 Å². The molecule has 126 valence electrons. The number of aliphatic carboxylic acids is 1. The molecule has 0 saturated heterocycles. The number of carbonyl (C=O) groups excluding carboxylic acids is 1. The third kappa shape index (κ3) is 3.14. The Morgan fingerprint density at radius 3 is 2.50 bits per heavy atom. The average molecular weight is 348 g/mol. The van der Waals surface area contributed by atoms with Crippen molar-refractivity contribution in [2.24, 2.45) is 17.3 Å². The summed E-state index contributed by atoms with van der Waals surface area (Å²) in [4.78, 5) is 23.4. The number of benzene rings is 1. The van der Waals surface area contributed by atoms with Crippen LogP contribution in [0.15, 0.2) is 36.5 Å². The molecule has 0 bridgehead atoms. The van der Waals surface area contributed by atoms with Gasteiger partial charge in [0.1, 0.15) is 0 Å². The minimum absolute atomic E-state index is 0.302. The molecule has 0 radical (unpaired) electrons. The Bertz CT molecular complexity index is 783. The van der Waals surface area contributed by atoms with E-state index in [1.54, 1.807) is 30.8 Å². The summed E-state index contributed by atoms with van der Waals surface area (Å²) in [6.07, 6.45) is 1.76. The Labute approximate surface area is 144 Å². The van der Waals surface area contributed by atoms with Crippen molar-refractivity contribution < 1.29 is 14.7 Å². The molecule has 1 aromatic carbocycles. The van der Waals surface area contributed by atoms with Gasteiger partial charge in [0, 0.05) is 17.3 Å². The molecule has 1 aliphatic rings. The van der Waals surface area contributed by atoms with E-state index in [0.717, 1.165) is 5.56 Å². The molecule has 1 fully saturated rings. The number of amides is 1. The van der Waals surface area contributed by atoms with Crippen LogP contribution in [-0.4, -0.2) is 26.8 Å². The second-order valence-electron chi connectivity index (χ2n) is 6.63. The maximum absolute atomic E-state index is 12.3. The summed E-state index contributed by atoms with van der Waals surface area (Å²) in [7, 11) is 0. The number of halogens is 1. The van der Waals surface area contributed by atoms with E-state index in [-0.39, 0.29) is 5.91 Å². The van der Waals surface area contributed by atoms with Gasteiger partial charge in [-0.2, -0.15) is 5.10 Å². The van der Waals surface area contributed by atoms with Crippen LogP contribution in [0, 0.1) is 17.3 Å². The molecule has 2 atom stereocenters. The van der Waals surface area contributed by atoms with E-state index in [1.165, 1.54) is 0 Å². The Balaban J connectivity index is 1.63. The van der Waals surface area contributed by atoms with Gasteiger partial charge in [-0.15, -0.1) is 0 Å². The van der Waals surface area contributed by atoms with Crippen LogP contribution in [0.5, 0.6) is 0 Å². The standard InChI is InChI=1S/C17H18ClN3O3/c1-17(2)13(14(17)16(23)24)15(22)19-12-7-8-21(20-12)9-10-3-5-11(18)6-4-10/h3-8,13-14H,9H2,1-2H3,(H,23,24)(H,19,20,22). The van der Waals surface area contributed by atoms with E-state index < -0.39 is 23.2 Å². The molecular weight excluding hydrogens is 330 g/mol. The molecule has 3 rings (SSSR count). The highest BCUT2D eigenvalue weighted by Crippen LogP contribution is 2.58. The Kier molecular flexibility index (Phi) is 4.09. The van der Waals surface area contributed by atoms with E-state index >= 15 is 0 Å². The van der Waals surface area contributed by atoms with Gasteiger partial charge < -0.3 is 10.4 Å². The first-order valence-electron chi connectivity index (χ1n) is 7.60. The normalized spacial score (nSPS) is 21.3. The van der Waals surface area contributed by atoms with Crippen molar-refractivity contribution in [3.8, 4) is 0 Å². The number of nitrogens with one attached hydrogen (secondary N) is 1. The molecule has 1 amide bonds. The van der Waals surface area contributed by atoms with Gasteiger partial charge in [-0.25, -0.2) is 0 Å². The number of nitrogens with zero attached hydrogens (tertiary/aromatic N) is 2. The number of anilines is 1. The van der Waals surface area contributed by atoms with Crippen molar-refractivity contribution in [3.63, 3.8) is 0 Å². The van der Waals surface area contributed by atoms with Crippen molar-refractivity contribution in [2.45, 2.75) is 20.4 Å².